The van der Waals surface area contributed by atoms with Crippen molar-refractivity contribution in [3.05, 3.63) is 0 Å². The molecule has 4 atom stereocenters. The fraction of sp³-hybridized carbons (Fsp3) is 1.00. The number of unbranched alkanes of at least 4 members (excludes halogenated alkanes) is 1. The summed E-state index contributed by atoms with van der Waals surface area (Å²) < 4.78 is 22.2. The molecule has 4 unspecified atom stereocenters. The average molecular weight is 286 g/mol. The van der Waals surface area contributed by atoms with Crippen LogP contribution in [-0.4, -0.2) is 50.3 Å². The van der Waals surface area contributed by atoms with E-state index >= 15 is 0 Å². The van der Waals surface area contributed by atoms with Crippen molar-refractivity contribution in [1.29, 1.82) is 0 Å². The third-order valence-electron chi connectivity index (χ3n) is 4.27. The maximum atomic E-state index is 6.01. The highest BCUT2D eigenvalue weighted by Crippen LogP contribution is 2.25. The number of hydrogen-bond donors (Lipinski definition) is 0. The second kappa shape index (κ2) is 7.74. The van der Waals surface area contributed by atoms with Gasteiger partial charge in [0.15, 0.2) is 0 Å². The quantitative estimate of drug-likeness (QED) is 0.409. The van der Waals surface area contributed by atoms with Crippen molar-refractivity contribution in [3.63, 3.8) is 0 Å². The van der Waals surface area contributed by atoms with E-state index < -0.39 is 0 Å². The van der Waals surface area contributed by atoms with E-state index in [0.717, 1.165) is 58.5 Å². The fourth-order valence-corrected chi connectivity index (χ4v) is 2.34. The molecular formula is C16H30O4. The van der Waals surface area contributed by atoms with E-state index in [1.165, 1.54) is 0 Å². The molecule has 0 saturated carbocycles. The topological polar surface area (TPSA) is 43.5 Å². The van der Waals surface area contributed by atoms with Crippen molar-refractivity contribution in [3.8, 4) is 0 Å². The van der Waals surface area contributed by atoms with E-state index in [2.05, 4.69) is 20.8 Å². The molecule has 118 valence electrons. The van der Waals surface area contributed by atoms with Gasteiger partial charge in [-0.2, -0.15) is 0 Å². The van der Waals surface area contributed by atoms with Crippen LogP contribution < -0.4 is 0 Å². The SMILES string of the molecule is CCC(C)(CCCCOC(C)CC1CO1)OCC1CO1. The molecule has 4 nitrogen and oxygen atoms in total. The van der Waals surface area contributed by atoms with Gasteiger partial charge in [0.1, 0.15) is 6.10 Å². The van der Waals surface area contributed by atoms with Crippen LogP contribution in [0.25, 0.3) is 0 Å². The van der Waals surface area contributed by atoms with Crippen LogP contribution in [0.4, 0.5) is 0 Å². The summed E-state index contributed by atoms with van der Waals surface area (Å²) in [5.74, 6) is 0. The first-order chi connectivity index (χ1) is 9.61. The van der Waals surface area contributed by atoms with E-state index in [1.54, 1.807) is 0 Å². The predicted octanol–water partition coefficient (Wildman–Crippen LogP) is 2.93. The standard InChI is InChI=1S/C16H30O4/c1-4-16(3,20-12-15-11-19-15)7-5-6-8-17-13(2)9-14-10-18-14/h13-15H,4-12H2,1-3H3. The molecule has 4 heteroatoms. The summed E-state index contributed by atoms with van der Waals surface area (Å²) >= 11 is 0. The Hall–Kier alpha value is -0.160. The van der Waals surface area contributed by atoms with Crippen molar-refractivity contribution < 1.29 is 18.9 Å². The molecule has 0 aliphatic carbocycles. The van der Waals surface area contributed by atoms with Gasteiger partial charge in [0.25, 0.3) is 0 Å². The molecule has 2 rings (SSSR count). The Balaban J connectivity index is 1.48. The van der Waals surface area contributed by atoms with Crippen molar-refractivity contribution in [2.75, 3.05) is 26.4 Å². The first-order valence-electron chi connectivity index (χ1n) is 8.10. The molecule has 2 aliphatic heterocycles. The Bertz CT molecular complexity index is 276. The van der Waals surface area contributed by atoms with Gasteiger partial charge in [-0.15, -0.1) is 0 Å². The summed E-state index contributed by atoms with van der Waals surface area (Å²) in [5.41, 5.74) is -0.000577. The molecule has 0 radical (unpaired) electrons. The minimum atomic E-state index is -0.000577. The first kappa shape index (κ1) is 16.2. The van der Waals surface area contributed by atoms with Gasteiger partial charge in [-0.25, -0.2) is 0 Å². The molecule has 2 heterocycles. The summed E-state index contributed by atoms with van der Waals surface area (Å²) in [7, 11) is 0. The Morgan fingerprint density at radius 3 is 2.50 bits per heavy atom. The summed E-state index contributed by atoms with van der Waals surface area (Å²) in [4.78, 5) is 0. The first-order valence-corrected chi connectivity index (χ1v) is 8.10. The van der Waals surface area contributed by atoms with Crippen molar-refractivity contribution in [2.24, 2.45) is 0 Å². The zero-order valence-corrected chi connectivity index (χ0v) is 13.2. The van der Waals surface area contributed by atoms with Gasteiger partial charge in [0.05, 0.1) is 37.6 Å². The lowest BCUT2D eigenvalue weighted by Crippen LogP contribution is -2.29. The van der Waals surface area contributed by atoms with Crippen LogP contribution in [0.15, 0.2) is 0 Å². The van der Waals surface area contributed by atoms with E-state index in [-0.39, 0.29) is 5.60 Å². The molecule has 0 spiro atoms. The minimum Gasteiger partial charge on any atom is -0.378 e. The molecule has 0 aromatic carbocycles. The van der Waals surface area contributed by atoms with E-state index in [4.69, 9.17) is 18.9 Å². The number of rotatable bonds is 12. The van der Waals surface area contributed by atoms with Crippen molar-refractivity contribution in [1.82, 2.24) is 0 Å². The summed E-state index contributed by atoms with van der Waals surface area (Å²) in [6.07, 6.45) is 6.59. The maximum Gasteiger partial charge on any atom is 0.104 e. The highest BCUT2D eigenvalue weighted by atomic mass is 16.6. The Kier molecular flexibility index (Phi) is 6.27. The molecule has 2 fully saturated rings. The molecule has 0 bridgehead atoms. The largest absolute Gasteiger partial charge is 0.378 e. The van der Waals surface area contributed by atoms with Crippen LogP contribution in [0.2, 0.25) is 0 Å². The molecule has 2 saturated heterocycles. The van der Waals surface area contributed by atoms with Crippen LogP contribution in [-0.2, 0) is 18.9 Å². The highest BCUT2D eigenvalue weighted by molar-refractivity contribution is 4.77. The zero-order chi connectivity index (χ0) is 14.4. The highest BCUT2D eigenvalue weighted by Gasteiger charge is 2.29. The summed E-state index contributed by atoms with van der Waals surface area (Å²) in [6.45, 7) is 9.93. The van der Waals surface area contributed by atoms with Gasteiger partial charge in [0.2, 0.25) is 0 Å². The lowest BCUT2D eigenvalue weighted by molar-refractivity contribution is -0.0491. The number of epoxide rings is 2. The second-order valence-electron chi connectivity index (χ2n) is 6.40. The van der Waals surface area contributed by atoms with Gasteiger partial charge in [0, 0.05) is 13.0 Å². The maximum absolute atomic E-state index is 6.01. The van der Waals surface area contributed by atoms with E-state index in [0.29, 0.717) is 18.3 Å². The van der Waals surface area contributed by atoms with Crippen LogP contribution in [0, 0.1) is 0 Å². The molecular weight excluding hydrogens is 256 g/mol. The lowest BCUT2D eigenvalue weighted by atomic mass is 9.96. The minimum absolute atomic E-state index is 0.000577. The van der Waals surface area contributed by atoms with Crippen LogP contribution in [0.3, 0.4) is 0 Å². The normalized spacial score (nSPS) is 28.9. The molecule has 0 amide bonds. The predicted molar refractivity (Wildman–Crippen MR) is 78.0 cm³/mol. The Morgan fingerprint density at radius 2 is 1.90 bits per heavy atom. The Morgan fingerprint density at radius 1 is 1.20 bits per heavy atom. The van der Waals surface area contributed by atoms with Crippen LogP contribution in [0.5, 0.6) is 0 Å². The van der Waals surface area contributed by atoms with E-state index in [1.807, 2.05) is 0 Å². The molecule has 0 N–H and O–H groups in total. The average Bonchev–Trinajstić information content (AvgIpc) is 3.30. The second-order valence-corrected chi connectivity index (χ2v) is 6.40. The third kappa shape index (κ3) is 6.53. The molecule has 2 aliphatic rings. The van der Waals surface area contributed by atoms with Gasteiger partial charge in [-0.1, -0.05) is 6.92 Å². The van der Waals surface area contributed by atoms with Gasteiger partial charge < -0.3 is 18.9 Å². The third-order valence-corrected chi connectivity index (χ3v) is 4.27. The van der Waals surface area contributed by atoms with Crippen LogP contribution in [0.1, 0.15) is 52.9 Å². The number of ether oxygens (including phenoxy) is 4. The molecule has 0 aromatic rings. The number of hydrogen-bond acceptors (Lipinski definition) is 4. The zero-order valence-electron chi connectivity index (χ0n) is 13.2. The van der Waals surface area contributed by atoms with Gasteiger partial charge >= 0.3 is 0 Å². The van der Waals surface area contributed by atoms with Crippen LogP contribution >= 0.6 is 0 Å². The van der Waals surface area contributed by atoms with Crippen molar-refractivity contribution >= 4 is 0 Å². The lowest BCUT2D eigenvalue weighted by Gasteiger charge is -2.28. The summed E-state index contributed by atoms with van der Waals surface area (Å²) in [5, 5.41) is 0. The monoisotopic (exact) mass is 286 g/mol. The Labute approximate surface area is 123 Å². The smallest absolute Gasteiger partial charge is 0.104 e. The molecule has 20 heavy (non-hydrogen) atoms. The molecule has 0 aromatic heterocycles. The van der Waals surface area contributed by atoms with E-state index in [9.17, 15) is 0 Å². The summed E-state index contributed by atoms with van der Waals surface area (Å²) in [6, 6.07) is 0. The van der Waals surface area contributed by atoms with Gasteiger partial charge in [-0.3, -0.25) is 0 Å². The fourth-order valence-electron chi connectivity index (χ4n) is 2.34. The van der Waals surface area contributed by atoms with Crippen molar-refractivity contribution in [2.45, 2.75) is 76.8 Å². The van der Waals surface area contributed by atoms with Gasteiger partial charge in [-0.05, 0) is 39.5 Å².